The van der Waals surface area contributed by atoms with E-state index in [4.69, 9.17) is 0 Å². The Hall–Kier alpha value is -3.53. The fourth-order valence-electron chi connectivity index (χ4n) is 3.84. The van der Waals surface area contributed by atoms with E-state index in [1.807, 2.05) is 0 Å². The summed E-state index contributed by atoms with van der Waals surface area (Å²) in [5.74, 6) is -0.586. The third-order valence-electron chi connectivity index (χ3n) is 5.62. The van der Waals surface area contributed by atoms with Gasteiger partial charge >= 0.3 is 0 Å². The first-order valence-corrected chi connectivity index (χ1v) is 11.2. The molecule has 10 heteroatoms. The zero-order valence-electron chi connectivity index (χ0n) is 16.2. The molecule has 1 fully saturated rings. The normalized spacial score (nSPS) is 17.1. The van der Waals surface area contributed by atoms with E-state index in [9.17, 15) is 28.5 Å². The van der Waals surface area contributed by atoms with Gasteiger partial charge in [-0.3, -0.25) is 4.79 Å². The predicted molar refractivity (Wildman–Crippen MR) is 114 cm³/mol. The second kappa shape index (κ2) is 6.74. The molecule has 160 valence electrons. The number of aromatic nitrogens is 1. The highest BCUT2D eigenvalue weighted by atomic mass is 32.2. The average molecular weight is 441 g/mol. The summed E-state index contributed by atoms with van der Waals surface area (Å²) in [5, 5.41) is 33.4. The fourth-order valence-corrected chi connectivity index (χ4v) is 4.98. The Kier molecular flexibility index (Phi) is 4.23. The number of rotatable bonds is 4. The van der Waals surface area contributed by atoms with Crippen molar-refractivity contribution in [2.45, 2.75) is 30.7 Å². The van der Waals surface area contributed by atoms with Crippen LogP contribution in [0.25, 0.3) is 10.9 Å². The van der Waals surface area contributed by atoms with E-state index in [1.165, 1.54) is 28.8 Å². The van der Waals surface area contributed by atoms with Crippen LogP contribution < -0.4 is 10.9 Å². The Balaban J connectivity index is 1.74. The molecule has 5 rings (SSSR count). The largest absolute Gasteiger partial charge is 0.508 e. The summed E-state index contributed by atoms with van der Waals surface area (Å²) in [4.78, 5) is 13.1. The van der Waals surface area contributed by atoms with Crippen LogP contribution >= 0.6 is 0 Å². The van der Waals surface area contributed by atoms with Crippen molar-refractivity contribution in [3.8, 4) is 17.2 Å². The minimum absolute atomic E-state index is 0.104. The van der Waals surface area contributed by atoms with E-state index in [0.717, 1.165) is 25.3 Å². The van der Waals surface area contributed by atoms with Gasteiger partial charge in [-0.2, -0.15) is 8.42 Å². The molecule has 3 aromatic rings. The highest BCUT2D eigenvalue weighted by molar-refractivity contribution is 7.90. The van der Waals surface area contributed by atoms with Crippen molar-refractivity contribution in [1.29, 1.82) is 0 Å². The van der Waals surface area contributed by atoms with E-state index in [-0.39, 0.29) is 38.9 Å². The second-order valence-electron chi connectivity index (χ2n) is 7.83. The van der Waals surface area contributed by atoms with Crippen LogP contribution in [0.1, 0.15) is 24.8 Å². The third kappa shape index (κ3) is 3.28. The number of hydrogen-bond donors (Lipinski definition) is 4. The maximum Gasteiger partial charge on any atom is 0.286 e. The van der Waals surface area contributed by atoms with E-state index >= 15 is 0 Å². The molecule has 0 bridgehead atoms. The molecule has 4 N–H and O–H groups in total. The van der Waals surface area contributed by atoms with Crippen LogP contribution in [0.4, 0.5) is 5.69 Å². The molecular weight excluding hydrogens is 422 g/mol. The molecule has 0 spiro atoms. The van der Waals surface area contributed by atoms with E-state index in [1.54, 1.807) is 6.07 Å². The molecule has 0 atom stereocenters. The number of fused-ring (bicyclic) bond motifs is 2. The highest BCUT2D eigenvalue weighted by Crippen LogP contribution is 2.36. The average Bonchev–Trinajstić information content (AvgIpc) is 3.53. The number of aromatic hydroxyl groups is 3. The molecule has 1 aliphatic heterocycles. The quantitative estimate of drug-likeness (QED) is 0.456. The number of phenols is 2. The number of sulfonamides is 1. The summed E-state index contributed by atoms with van der Waals surface area (Å²) in [6, 6.07) is 8.02. The monoisotopic (exact) mass is 441 g/mol. The molecule has 2 aromatic carbocycles. The number of aryl methyl sites for hydroxylation is 1. The Bertz CT molecular complexity index is 1440. The topological polar surface area (TPSA) is 141 Å². The van der Waals surface area contributed by atoms with Crippen molar-refractivity contribution in [2.24, 2.45) is 10.3 Å². The van der Waals surface area contributed by atoms with Crippen LogP contribution in [-0.4, -0.2) is 34.1 Å². The van der Waals surface area contributed by atoms with Gasteiger partial charge in [0.05, 0.1) is 11.2 Å². The van der Waals surface area contributed by atoms with Crippen molar-refractivity contribution in [2.75, 3.05) is 5.32 Å². The van der Waals surface area contributed by atoms with Crippen LogP contribution in [0.5, 0.6) is 17.2 Å². The molecule has 0 amide bonds. The zero-order valence-corrected chi connectivity index (χ0v) is 17.1. The Morgan fingerprint density at radius 3 is 2.52 bits per heavy atom. The van der Waals surface area contributed by atoms with Gasteiger partial charge in [0.15, 0.2) is 5.84 Å². The summed E-state index contributed by atoms with van der Waals surface area (Å²) in [5.41, 5.74) is -0.312. The molecule has 31 heavy (non-hydrogen) atoms. The lowest BCUT2D eigenvalue weighted by Gasteiger charge is -2.21. The number of hydrogen-bond acceptors (Lipinski definition) is 7. The predicted octanol–water partition coefficient (Wildman–Crippen LogP) is 2.48. The van der Waals surface area contributed by atoms with Gasteiger partial charge < -0.3 is 25.2 Å². The Morgan fingerprint density at radius 2 is 1.77 bits per heavy atom. The summed E-state index contributed by atoms with van der Waals surface area (Å²) in [6.07, 6.45) is 2.99. The zero-order chi connectivity index (χ0) is 21.9. The van der Waals surface area contributed by atoms with Gasteiger partial charge in [-0.15, -0.1) is 4.40 Å². The fraction of sp³-hybridized carbons (Fsp3) is 0.238. The minimum Gasteiger partial charge on any atom is -0.508 e. The van der Waals surface area contributed by atoms with Gasteiger partial charge in [-0.1, -0.05) is 12.8 Å². The minimum atomic E-state index is -4.23. The third-order valence-corrected chi connectivity index (χ3v) is 6.94. The maximum atomic E-state index is 13.4. The van der Waals surface area contributed by atoms with Crippen LogP contribution in [-0.2, 0) is 16.6 Å². The first-order chi connectivity index (χ1) is 14.7. The molecule has 1 saturated carbocycles. The van der Waals surface area contributed by atoms with Crippen LogP contribution in [0.3, 0.4) is 0 Å². The number of anilines is 1. The summed E-state index contributed by atoms with van der Waals surface area (Å²) < 4.78 is 30.6. The number of pyridine rings is 1. The van der Waals surface area contributed by atoms with Crippen molar-refractivity contribution in [3.63, 3.8) is 0 Å². The molecule has 1 aromatic heterocycles. The number of amidine groups is 1. The number of benzene rings is 2. The standard InChI is InChI=1S/C21H19N3O6S/c25-12-4-6-16-14(9-12)19(27)18(21(28)24(16)8-7-11-1-2-11)20-22-15-5-3-13(26)10-17(15)31(29,30)23-20/h3-6,9-11,25-27H,1-2,7-8H2,(H,22,23). The molecule has 0 radical (unpaired) electrons. The lowest BCUT2D eigenvalue weighted by atomic mass is 10.1. The summed E-state index contributed by atoms with van der Waals surface area (Å²) in [7, 11) is -4.23. The smallest absolute Gasteiger partial charge is 0.286 e. The van der Waals surface area contributed by atoms with Crippen LogP contribution in [0.2, 0.25) is 0 Å². The summed E-state index contributed by atoms with van der Waals surface area (Å²) in [6.45, 7) is 0.391. The summed E-state index contributed by atoms with van der Waals surface area (Å²) >= 11 is 0. The molecule has 9 nitrogen and oxygen atoms in total. The van der Waals surface area contributed by atoms with Crippen molar-refractivity contribution < 1.29 is 23.7 Å². The molecular formula is C21H19N3O6S. The molecule has 0 saturated heterocycles. The van der Waals surface area contributed by atoms with Crippen LogP contribution in [0.15, 0.2) is 50.5 Å². The second-order valence-corrected chi connectivity index (χ2v) is 9.41. The maximum absolute atomic E-state index is 13.4. The number of nitrogens with zero attached hydrogens (tertiary/aromatic N) is 2. The Labute approximate surface area is 177 Å². The van der Waals surface area contributed by atoms with E-state index in [0.29, 0.717) is 18.0 Å². The lowest BCUT2D eigenvalue weighted by molar-refractivity contribution is 0.468. The molecule has 2 aliphatic rings. The Morgan fingerprint density at radius 1 is 1.06 bits per heavy atom. The van der Waals surface area contributed by atoms with E-state index in [2.05, 4.69) is 9.71 Å². The van der Waals surface area contributed by atoms with Gasteiger partial charge in [0.2, 0.25) is 0 Å². The van der Waals surface area contributed by atoms with Gasteiger partial charge in [0, 0.05) is 18.0 Å². The lowest BCUT2D eigenvalue weighted by Crippen LogP contribution is -2.32. The number of nitrogens with one attached hydrogen (secondary N) is 1. The molecule has 2 heterocycles. The molecule has 1 aliphatic carbocycles. The SMILES string of the molecule is O=c1c(C2=NS(=O)(=O)c3cc(O)ccc3N2)c(O)c2cc(O)ccc2n1CCC1CC1. The molecule has 0 unspecified atom stereocenters. The van der Waals surface area contributed by atoms with E-state index < -0.39 is 21.3 Å². The van der Waals surface area contributed by atoms with Crippen molar-refractivity contribution in [1.82, 2.24) is 4.57 Å². The van der Waals surface area contributed by atoms with Gasteiger partial charge in [0.25, 0.3) is 15.6 Å². The van der Waals surface area contributed by atoms with Gasteiger partial charge in [-0.05, 0) is 42.7 Å². The van der Waals surface area contributed by atoms with Crippen molar-refractivity contribution >= 4 is 32.4 Å². The highest BCUT2D eigenvalue weighted by Gasteiger charge is 2.30. The number of phenolic OH excluding ortho intramolecular Hbond substituents is 2. The first kappa shape index (κ1) is 19.4. The van der Waals surface area contributed by atoms with Crippen LogP contribution in [0, 0.1) is 5.92 Å². The van der Waals surface area contributed by atoms with Gasteiger partial charge in [0.1, 0.15) is 27.7 Å². The van der Waals surface area contributed by atoms with Gasteiger partial charge in [-0.25, -0.2) is 0 Å². The first-order valence-electron chi connectivity index (χ1n) is 9.78. The van der Waals surface area contributed by atoms with Crippen molar-refractivity contribution in [3.05, 3.63) is 52.3 Å².